The Morgan fingerprint density at radius 2 is 1.75 bits per heavy atom. The lowest BCUT2D eigenvalue weighted by molar-refractivity contribution is -0.133. The van der Waals surface area contributed by atoms with Gasteiger partial charge in [-0.3, -0.25) is 0 Å². The molecule has 0 bridgehead atoms. The molecule has 0 radical (unpaired) electrons. The van der Waals surface area contributed by atoms with Gasteiger partial charge in [-0.1, -0.05) is 17.7 Å². The minimum Gasteiger partial charge on any atom is -0.366 e. The van der Waals surface area contributed by atoms with Crippen molar-refractivity contribution in [3.05, 3.63) is 28.8 Å². The summed E-state index contributed by atoms with van der Waals surface area (Å²) >= 11 is 6.45. The molecule has 0 spiro atoms. The lowest BCUT2D eigenvalue weighted by atomic mass is 9.98. The van der Waals surface area contributed by atoms with Crippen LogP contribution in [0.2, 0.25) is 5.02 Å². The molecule has 0 unspecified atom stereocenters. The van der Waals surface area contributed by atoms with Crippen LogP contribution in [0.1, 0.15) is 46.2 Å². The first-order valence-electron chi connectivity index (χ1n) is 7.10. The predicted molar refractivity (Wildman–Crippen MR) is 85.5 cm³/mol. The van der Waals surface area contributed by atoms with Crippen molar-refractivity contribution in [1.82, 2.24) is 0 Å². The molecule has 1 atom stereocenters. The minimum atomic E-state index is -0.190. The van der Waals surface area contributed by atoms with Gasteiger partial charge in [-0.25, -0.2) is 0 Å². The topological polar surface area (TPSA) is 38.5 Å². The Bertz CT molecular complexity index is 481. The van der Waals surface area contributed by atoms with Gasteiger partial charge in [0.1, 0.15) is 0 Å². The second kappa shape index (κ2) is 5.21. The predicted octanol–water partition coefficient (Wildman–Crippen LogP) is 3.75. The first-order valence-corrected chi connectivity index (χ1v) is 7.48. The zero-order valence-electron chi connectivity index (χ0n) is 13.0. The Morgan fingerprint density at radius 3 is 2.20 bits per heavy atom. The summed E-state index contributed by atoms with van der Waals surface area (Å²) in [6, 6.07) is 6.09. The number of hydrogen-bond acceptors (Lipinski definition) is 3. The monoisotopic (exact) mass is 296 g/mol. The summed E-state index contributed by atoms with van der Waals surface area (Å²) in [5, 5.41) is 0.758. The second-order valence-corrected chi connectivity index (χ2v) is 7.38. The molecular weight excluding hydrogens is 272 g/mol. The molecule has 0 amide bonds. The largest absolute Gasteiger partial charge is 0.366 e. The number of morpholine rings is 1. The van der Waals surface area contributed by atoms with Crippen LogP contribution in [-0.4, -0.2) is 24.3 Å². The number of nitrogens with zero attached hydrogens (tertiary/aromatic N) is 1. The third-order valence-corrected chi connectivity index (χ3v) is 3.84. The summed E-state index contributed by atoms with van der Waals surface area (Å²) < 4.78 is 6.11. The van der Waals surface area contributed by atoms with Crippen LogP contribution in [0.15, 0.2) is 18.2 Å². The molecule has 1 aromatic rings. The van der Waals surface area contributed by atoms with Crippen molar-refractivity contribution in [3.63, 3.8) is 0 Å². The van der Waals surface area contributed by atoms with Crippen LogP contribution in [0.4, 0.5) is 5.69 Å². The van der Waals surface area contributed by atoms with E-state index in [1.165, 1.54) is 0 Å². The number of rotatable bonds is 2. The van der Waals surface area contributed by atoms with Gasteiger partial charge in [0.25, 0.3) is 0 Å². The number of hydrogen-bond donors (Lipinski definition) is 1. The van der Waals surface area contributed by atoms with Gasteiger partial charge in [0.15, 0.2) is 0 Å². The lowest BCUT2D eigenvalue weighted by Crippen LogP contribution is -2.57. The van der Waals surface area contributed by atoms with Gasteiger partial charge in [0.05, 0.1) is 21.9 Å². The van der Waals surface area contributed by atoms with Crippen molar-refractivity contribution in [2.24, 2.45) is 5.73 Å². The van der Waals surface area contributed by atoms with Gasteiger partial charge >= 0.3 is 0 Å². The van der Waals surface area contributed by atoms with Crippen LogP contribution in [0.3, 0.4) is 0 Å². The molecular formula is C16H25ClN2O. The molecule has 2 N–H and O–H groups in total. The SMILES string of the molecule is C[C@@H](N)c1ccc(N2CC(C)(C)OC(C)(C)C2)c(Cl)c1. The van der Waals surface area contributed by atoms with Crippen molar-refractivity contribution in [2.45, 2.75) is 51.9 Å². The van der Waals surface area contributed by atoms with E-state index < -0.39 is 0 Å². The summed E-state index contributed by atoms with van der Waals surface area (Å²) in [5.41, 5.74) is 7.64. The maximum absolute atomic E-state index is 6.45. The summed E-state index contributed by atoms with van der Waals surface area (Å²) in [6.45, 7) is 12.1. The number of ether oxygens (including phenoxy) is 1. The molecule has 0 aliphatic carbocycles. The van der Waals surface area contributed by atoms with E-state index in [-0.39, 0.29) is 17.2 Å². The van der Waals surface area contributed by atoms with Crippen LogP contribution in [0.5, 0.6) is 0 Å². The number of halogens is 1. The zero-order valence-corrected chi connectivity index (χ0v) is 13.8. The Morgan fingerprint density at radius 1 is 1.20 bits per heavy atom. The van der Waals surface area contributed by atoms with Gasteiger partial charge in [-0.2, -0.15) is 0 Å². The minimum absolute atomic E-state index is 0.000814. The van der Waals surface area contributed by atoms with E-state index in [0.717, 1.165) is 29.4 Å². The third-order valence-electron chi connectivity index (χ3n) is 3.53. The fourth-order valence-corrected chi connectivity index (χ4v) is 3.33. The van der Waals surface area contributed by atoms with E-state index in [1.807, 2.05) is 13.0 Å². The molecule has 1 fully saturated rings. The fraction of sp³-hybridized carbons (Fsp3) is 0.625. The molecule has 20 heavy (non-hydrogen) atoms. The van der Waals surface area contributed by atoms with Crippen LogP contribution in [0.25, 0.3) is 0 Å². The molecule has 0 aromatic heterocycles. The Labute approximate surface area is 127 Å². The molecule has 1 aliphatic rings. The Kier molecular flexibility index (Phi) is 4.07. The highest BCUT2D eigenvalue weighted by atomic mass is 35.5. The van der Waals surface area contributed by atoms with Gasteiger partial charge in [-0.15, -0.1) is 0 Å². The Hall–Kier alpha value is -0.770. The standard InChI is InChI=1S/C16H25ClN2O/c1-11(18)12-6-7-14(13(17)8-12)19-9-15(2,3)20-16(4,5)10-19/h6-8,11H,9-10,18H2,1-5H3/t11-/m1/s1. The summed E-state index contributed by atoms with van der Waals surface area (Å²) in [5.74, 6) is 0. The van der Waals surface area contributed by atoms with E-state index in [4.69, 9.17) is 22.1 Å². The van der Waals surface area contributed by atoms with Crippen molar-refractivity contribution < 1.29 is 4.74 Å². The van der Waals surface area contributed by atoms with Gasteiger partial charge < -0.3 is 15.4 Å². The van der Waals surface area contributed by atoms with Crippen LogP contribution >= 0.6 is 11.6 Å². The van der Waals surface area contributed by atoms with Crippen LogP contribution in [0, 0.1) is 0 Å². The molecule has 2 rings (SSSR count). The molecule has 4 heteroatoms. The molecule has 1 heterocycles. The molecule has 0 saturated carbocycles. The van der Waals surface area contributed by atoms with E-state index in [1.54, 1.807) is 0 Å². The Balaban J connectivity index is 2.31. The van der Waals surface area contributed by atoms with E-state index >= 15 is 0 Å². The molecule has 112 valence electrons. The van der Waals surface area contributed by atoms with E-state index in [9.17, 15) is 0 Å². The molecule has 1 aliphatic heterocycles. The maximum Gasteiger partial charge on any atom is 0.0808 e. The van der Waals surface area contributed by atoms with E-state index in [0.29, 0.717) is 0 Å². The van der Waals surface area contributed by atoms with Crippen molar-refractivity contribution in [1.29, 1.82) is 0 Å². The lowest BCUT2D eigenvalue weighted by Gasteiger charge is -2.48. The average Bonchev–Trinajstić information content (AvgIpc) is 2.24. The second-order valence-electron chi connectivity index (χ2n) is 6.98. The van der Waals surface area contributed by atoms with Gasteiger partial charge in [0.2, 0.25) is 0 Å². The van der Waals surface area contributed by atoms with Gasteiger partial charge in [-0.05, 0) is 52.3 Å². The van der Waals surface area contributed by atoms with Crippen molar-refractivity contribution >= 4 is 17.3 Å². The first kappa shape index (κ1) is 15.6. The highest BCUT2D eigenvalue weighted by Gasteiger charge is 2.38. The fourth-order valence-electron chi connectivity index (χ4n) is 3.02. The highest BCUT2D eigenvalue weighted by Crippen LogP contribution is 2.35. The normalized spacial score (nSPS) is 22.6. The zero-order chi connectivity index (χ0) is 15.1. The number of nitrogens with two attached hydrogens (primary N) is 1. The number of anilines is 1. The molecule has 1 aromatic carbocycles. The van der Waals surface area contributed by atoms with Crippen LogP contribution < -0.4 is 10.6 Å². The van der Waals surface area contributed by atoms with Crippen molar-refractivity contribution in [3.8, 4) is 0 Å². The van der Waals surface area contributed by atoms with Gasteiger partial charge in [0, 0.05) is 19.1 Å². The first-order chi connectivity index (χ1) is 9.10. The smallest absolute Gasteiger partial charge is 0.0808 e. The van der Waals surface area contributed by atoms with Crippen LogP contribution in [-0.2, 0) is 4.74 Å². The van der Waals surface area contributed by atoms with E-state index in [2.05, 4.69) is 44.7 Å². The third kappa shape index (κ3) is 3.46. The maximum atomic E-state index is 6.45. The summed E-state index contributed by atoms with van der Waals surface area (Å²) in [7, 11) is 0. The molecule has 1 saturated heterocycles. The quantitative estimate of drug-likeness (QED) is 0.903. The average molecular weight is 297 g/mol. The molecule has 3 nitrogen and oxygen atoms in total. The number of benzene rings is 1. The van der Waals surface area contributed by atoms with Crippen molar-refractivity contribution in [2.75, 3.05) is 18.0 Å². The summed E-state index contributed by atoms with van der Waals surface area (Å²) in [6.07, 6.45) is 0. The highest BCUT2D eigenvalue weighted by molar-refractivity contribution is 6.33. The summed E-state index contributed by atoms with van der Waals surface area (Å²) in [4.78, 5) is 2.30.